The van der Waals surface area contributed by atoms with Crippen molar-refractivity contribution in [1.29, 1.82) is 0 Å². The van der Waals surface area contributed by atoms with Crippen molar-refractivity contribution in [3.8, 4) is 0 Å². The average molecular weight is 369 g/mol. The highest BCUT2D eigenvalue weighted by Gasteiger charge is 2.28. The van der Waals surface area contributed by atoms with E-state index in [-0.39, 0.29) is 18.3 Å². The summed E-state index contributed by atoms with van der Waals surface area (Å²) in [5, 5.41) is 5.41. The summed E-state index contributed by atoms with van der Waals surface area (Å²) in [5.74, 6) is -0.441. The number of rotatable bonds is 6. The predicted octanol–water partition coefficient (Wildman–Crippen LogP) is 2.86. The van der Waals surface area contributed by atoms with E-state index >= 15 is 0 Å². The van der Waals surface area contributed by atoms with E-state index < -0.39 is 12.1 Å². The third-order valence-electron chi connectivity index (χ3n) is 4.70. The zero-order chi connectivity index (χ0) is 19.1. The van der Waals surface area contributed by atoms with Gasteiger partial charge in [0.1, 0.15) is 11.9 Å². The molecular formula is C21H24FN3O2. The molecule has 1 atom stereocenters. The van der Waals surface area contributed by atoms with Gasteiger partial charge in [-0.1, -0.05) is 48.5 Å². The number of likely N-dealkylation sites (tertiary alicyclic amines) is 1. The molecule has 0 spiro atoms. The number of carbonyl (C=O) groups excluding carboxylic acids is 2. The van der Waals surface area contributed by atoms with Crippen LogP contribution in [-0.2, 0) is 17.8 Å². The van der Waals surface area contributed by atoms with E-state index in [1.54, 1.807) is 23.1 Å². The van der Waals surface area contributed by atoms with Crippen molar-refractivity contribution < 1.29 is 14.0 Å². The summed E-state index contributed by atoms with van der Waals surface area (Å²) >= 11 is 0. The zero-order valence-electron chi connectivity index (χ0n) is 15.2. The zero-order valence-corrected chi connectivity index (χ0v) is 15.2. The molecule has 0 saturated carbocycles. The highest BCUT2D eigenvalue weighted by Crippen LogP contribution is 2.12. The Morgan fingerprint density at radius 2 is 1.67 bits per heavy atom. The Hall–Kier alpha value is -2.89. The lowest BCUT2D eigenvalue weighted by Crippen LogP contribution is -2.51. The third kappa shape index (κ3) is 5.29. The van der Waals surface area contributed by atoms with E-state index in [0.29, 0.717) is 12.0 Å². The molecule has 6 heteroatoms. The molecule has 1 unspecified atom stereocenters. The van der Waals surface area contributed by atoms with Gasteiger partial charge in [0.15, 0.2) is 0 Å². The number of benzene rings is 2. The maximum atomic E-state index is 13.7. The number of hydrogen-bond acceptors (Lipinski definition) is 2. The fraction of sp³-hybridized carbons (Fsp3) is 0.333. The third-order valence-corrected chi connectivity index (χ3v) is 4.70. The fourth-order valence-electron chi connectivity index (χ4n) is 3.23. The first kappa shape index (κ1) is 18.9. The van der Waals surface area contributed by atoms with Gasteiger partial charge in [-0.15, -0.1) is 0 Å². The highest BCUT2D eigenvalue weighted by atomic mass is 19.1. The van der Waals surface area contributed by atoms with Gasteiger partial charge in [-0.2, -0.15) is 0 Å². The van der Waals surface area contributed by atoms with Gasteiger partial charge in [0, 0.05) is 31.6 Å². The lowest BCUT2D eigenvalue weighted by Gasteiger charge is -2.24. The standard InChI is InChI=1S/C21H24FN3O2/c22-18-11-5-4-10-17(18)15-23-21(27)24-19(14-16-8-2-1-3-9-16)20(26)25-12-6-7-13-25/h1-5,8-11,19H,6-7,12-15H2,(H2,23,24,27). The van der Waals surface area contributed by atoms with Crippen molar-refractivity contribution in [1.82, 2.24) is 15.5 Å². The molecule has 1 saturated heterocycles. The molecule has 2 aromatic rings. The van der Waals surface area contributed by atoms with Gasteiger partial charge in [-0.3, -0.25) is 4.79 Å². The summed E-state index contributed by atoms with van der Waals surface area (Å²) in [6, 6.07) is 14.8. The summed E-state index contributed by atoms with van der Waals surface area (Å²) in [6.45, 7) is 1.51. The van der Waals surface area contributed by atoms with Crippen LogP contribution < -0.4 is 10.6 Å². The molecule has 3 rings (SSSR count). The van der Waals surface area contributed by atoms with Crippen molar-refractivity contribution in [2.24, 2.45) is 0 Å². The first-order valence-corrected chi connectivity index (χ1v) is 9.24. The number of carbonyl (C=O) groups is 2. The Labute approximate surface area is 158 Å². The Balaban J connectivity index is 1.63. The van der Waals surface area contributed by atoms with E-state index in [2.05, 4.69) is 10.6 Å². The number of halogens is 1. The molecule has 1 aliphatic rings. The van der Waals surface area contributed by atoms with Crippen molar-refractivity contribution in [3.05, 3.63) is 71.5 Å². The van der Waals surface area contributed by atoms with E-state index in [1.807, 2.05) is 30.3 Å². The summed E-state index contributed by atoms with van der Waals surface area (Å²) in [5.41, 5.74) is 1.38. The number of amides is 3. The molecule has 2 aromatic carbocycles. The lowest BCUT2D eigenvalue weighted by atomic mass is 10.0. The van der Waals surface area contributed by atoms with Crippen LogP contribution in [0.2, 0.25) is 0 Å². The van der Waals surface area contributed by atoms with E-state index in [4.69, 9.17) is 0 Å². The highest BCUT2D eigenvalue weighted by molar-refractivity contribution is 5.87. The second-order valence-electron chi connectivity index (χ2n) is 6.69. The normalized spacial score (nSPS) is 14.6. The Bertz CT molecular complexity index is 776. The monoisotopic (exact) mass is 369 g/mol. The first-order valence-electron chi connectivity index (χ1n) is 9.24. The maximum absolute atomic E-state index is 13.7. The topological polar surface area (TPSA) is 61.4 Å². The van der Waals surface area contributed by atoms with Crippen LogP contribution in [0.4, 0.5) is 9.18 Å². The van der Waals surface area contributed by atoms with Crippen LogP contribution in [-0.4, -0.2) is 36.0 Å². The summed E-state index contributed by atoms with van der Waals surface area (Å²) in [6.07, 6.45) is 2.40. The molecule has 1 fully saturated rings. The van der Waals surface area contributed by atoms with Crippen molar-refractivity contribution >= 4 is 11.9 Å². The summed E-state index contributed by atoms with van der Waals surface area (Å²) < 4.78 is 13.7. The van der Waals surface area contributed by atoms with Gasteiger partial charge in [0.05, 0.1) is 0 Å². The van der Waals surface area contributed by atoms with Gasteiger partial charge < -0.3 is 15.5 Å². The van der Waals surface area contributed by atoms with Crippen molar-refractivity contribution in [3.63, 3.8) is 0 Å². The second-order valence-corrected chi connectivity index (χ2v) is 6.69. The molecule has 5 nitrogen and oxygen atoms in total. The van der Waals surface area contributed by atoms with Crippen LogP contribution in [0.15, 0.2) is 54.6 Å². The Kier molecular flexibility index (Phi) is 6.41. The molecule has 0 aliphatic carbocycles. The molecular weight excluding hydrogens is 345 g/mol. The van der Waals surface area contributed by atoms with Gasteiger partial charge in [-0.05, 0) is 24.5 Å². The average Bonchev–Trinajstić information content (AvgIpc) is 3.22. The minimum atomic E-state index is -0.647. The molecule has 0 radical (unpaired) electrons. The molecule has 1 heterocycles. The predicted molar refractivity (Wildman–Crippen MR) is 102 cm³/mol. The fourth-order valence-corrected chi connectivity index (χ4v) is 3.23. The van der Waals surface area contributed by atoms with Crippen molar-refractivity contribution in [2.45, 2.75) is 31.8 Å². The lowest BCUT2D eigenvalue weighted by molar-refractivity contribution is -0.132. The van der Waals surface area contributed by atoms with Crippen LogP contribution in [0.5, 0.6) is 0 Å². The Morgan fingerprint density at radius 3 is 2.37 bits per heavy atom. The first-order chi connectivity index (χ1) is 13.1. The quantitative estimate of drug-likeness (QED) is 0.823. The second kappa shape index (κ2) is 9.16. The van der Waals surface area contributed by atoms with E-state index in [0.717, 1.165) is 31.5 Å². The molecule has 142 valence electrons. The summed E-state index contributed by atoms with van der Waals surface area (Å²) in [4.78, 5) is 27.0. The minimum absolute atomic E-state index is 0.0640. The van der Waals surface area contributed by atoms with Gasteiger partial charge in [0.2, 0.25) is 5.91 Å². The van der Waals surface area contributed by atoms with Crippen molar-refractivity contribution in [2.75, 3.05) is 13.1 Å². The number of urea groups is 1. The number of nitrogens with one attached hydrogen (secondary N) is 2. The smallest absolute Gasteiger partial charge is 0.315 e. The SMILES string of the molecule is O=C(NCc1ccccc1F)NC(Cc1ccccc1)C(=O)N1CCCC1. The molecule has 0 bridgehead atoms. The molecule has 2 N–H and O–H groups in total. The molecule has 27 heavy (non-hydrogen) atoms. The van der Waals surface area contributed by atoms with Crippen LogP contribution in [0.3, 0.4) is 0 Å². The molecule has 0 aromatic heterocycles. The van der Waals surface area contributed by atoms with Crippen LogP contribution in [0.1, 0.15) is 24.0 Å². The minimum Gasteiger partial charge on any atom is -0.341 e. The van der Waals surface area contributed by atoms with Gasteiger partial charge >= 0.3 is 6.03 Å². The number of hydrogen-bond donors (Lipinski definition) is 2. The summed E-state index contributed by atoms with van der Waals surface area (Å²) in [7, 11) is 0. The molecule has 1 aliphatic heterocycles. The maximum Gasteiger partial charge on any atom is 0.315 e. The van der Waals surface area contributed by atoms with Crippen LogP contribution in [0.25, 0.3) is 0 Å². The number of nitrogens with zero attached hydrogens (tertiary/aromatic N) is 1. The molecule has 3 amide bonds. The van der Waals surface area contributed by atoms with E-state index in [9.17, 15) is 14.0 Å². The largest absolute Gasteiger partial charge is 0.341 e. The van der Waals surface area contributed by atoms with Gasteiger partial charge in [-0.25, -0.2) is 9.18 Å². The van der Waals surface area contributed by atoms with E-state index in [1.165, 1.54) is 6.07 Å². The Morgan fingerprint density at radius 1 is 1.00 bits per heavy atom. The van der Waals surface area contributed by atoms with Crippen LogP contribution in [0, 0.1) is 5.82 Å². The van der Waals surface area contributed by atoms with Gasteiger partial charge in [0.25, 0.3) is 0 Å². The van der Waals surface area contributed by atoms with Crippen LogP contribution >= 0.6 is 0 Å².